The highest BCUT2D eigenvalue weighted by molar-refractivity contribution is 7.99. The summed E-state index contributed by atoms with van der Waals surface area (Å²) in [5.41, 5.74) is 3.15. The van der Waals surface area contributed by atoms with Gasteiger partial charge >= 0.3 is 0 Å². The van der Waals surface area contributed by atoms with Crippen molar-refractivity contribution in [2.24, 2.45) is 0 Å². The van der Waals surface area contributed by atoms with E-state index in [0.717, 1.165) is 60.6 Å². The Bertz CT molecular complexity index is 1090. The third-order valence-corrected chi connectivity index (χ3v) is 6.55. The van der Waals surface area contributed by atoms with E-state index in [1.165, 1.54) is 17.3 Å². The van der Waals surface area contributed by atoms with E-state index in [1.807, 2.05) is 42.5 Å². The van der Waals surface area contributed by atoms with E-state index in [-0.39, 0.29) is 5.91 Å². The summed E-state index contributed by atoms with van der Waals surface area (Å²) in [6.45, 7) is 5.57. The van der Waals surface area contributed by atoms with Crippen molar-refractivity contribution in [2.75, 3.05) is 54.2 Å². The van der Waals surface area contributed by atoms with Gasteiger partial charge in [0.05, 0.1) is 18.6 Å². The lowest BCUT2D eigenvalue weighted by molar-refractivity contribution is -0.113. The number of nitrogens with zero attached hydrogens (tertiary/aromatic N) is 4. The fourth-order valence-electron chi connectivity index (χ4n) is 3.85. The first-order chi connectivity index (χ1) is 16.2. The Labute approximate surface area is 199 Å². The van der Waals surface area contributed by atoms with Crippen molar-refractivity contribution >= 4 is 34.9 Å². The van der Waals surface area contributed by atoms with Crippen LogP contribution in [0.2, 0.25) is 0 Å². The molecule has 1 saturated heterocycles. The Morgan fingerprint density at radius 1 is 1.03 bits per heavy atom. The van der Waals surface area contributed by atoms with Crippen LogP contribution in [0.3, 0.4) is 0 Å². The van der Waals surface area contributed by atoms with Crippen molar-refractivity contribution in [3.63, 3.8) is 0 Å². The van der Waals surface area contributed by atoms with Crippen LogP contribution in [0.1, 0.15) is 12.5 Å². The summed E-state index contributed by atoms with van der Waals surface area (Å²) in [5.74, 6) is 2.04. The lowest BCUT2D eigenvalue weighted by Gasteiger charge is -2.37. The van der Waals surface area contributed by atoms with Crippen molar-refractivity contribution in [2.45, 2.75) is 18.4 Å². The van der Waals surface area contributed by atoms with Crippen LogP contribution in [-0.2, 0) is 11.2 Å². The van der Waals surface area contributed by atoms with Gasteiger partial charge in [-0.25, -0.2) is 9.97 Å². The minimum absolute atomic E-state index is 0.0427. The van der Waals surface area contributed by atoms with Crippen LogP contribution in [-0.4, -0.2) is 54.9 Å². The molecule has 0 unspecified atom stereocenters. The SMILES string of the molecule is CCc1cccc(NC(=O)CSc2cc(N3CCN(c4ccccc4OC)CC3)ncn2)c1. The second-order valence-corrected chi connectivity index (χ2v) is 8.75. The zero-order chi connectivity index (χ0) is 23.0. The molecule has 7 nitrogen and oxygen atoms in total. The molecule has 2 heterocycles. The van der Waals surface area contributed by atoms with Gasteiger partial charge in [0.2, 0.25) is 5.91 Å². The summed E-state index contributed by atoms with van der Waals surface area (Å²) in [7, 11) is 1.71. The Kier molecular flexibility index (Phi) is 7.67. The van der Waals surface area contributed by atoms with Gasteiger partial charge in [-0.3, -0.25) is 4.79 Å². The van der Waals surface area contributed by atoms with Crippen molar-refractivity contribution < 1.29 is 9.53 Å². The number of anilines is 3. The molecular formula is C25H29N5O2S. The lowest BCUT2D eigenvalue weighted by atomic mass is 10.1. The molecule has 0 aliphatic carbocycles. The Balaban J connectivity index is 1.31. The second-order valence-electron chi connectivity index (χ2n) is 7.75. The van der Waals surface area contributed by atoms with Gasteiger partial charge in [-0.1, -0.05) is 43.0 Å². The van der Waals surface area contributed by atoms with E-state index >= 15 is 0 Å². The zero-order valence-electron chi connectivity index (χ0n) is 19.0. The van der Waals surface area contributed by atoms with Crippen LogP contribution in [0, 0.1) is 0 Å². The van der Waals surface area contributed by atoms with Gasteiger partial charge in [0, 0.05) is 37.9 Å². The number of benzene rings is 2. The topological polar surface area (TPSA) is 70.6 Å². The van der Waals surface area contributed by atoms with Crippen molar-refractivity contribution in [3.05, 3.63) is 66.5 Å². The molecule has 1 amide bonds. The maximum absolute atomic E-state index is 12.4. The summed E-state index contributed by atoms with van der Waals surface area (Å²) in [5, 5.41) is 3.76. The van der Waals surface area contributed by atoms with Crippen LogP contribution < -0.4 is 19.9 Å². The molecule has 33 heavy (non-hydrogen) atoms. The second kappa shape index (κ2) is 11.0. The maximum Gasteiger partial charge on any atom is 0.234 e. The molecule has 0 bridgehead atoms. The minimum atomic E-state index is -0.0427. The third-order valence-electron chi connectivity index (χ3n) is 5.63. The standard InChI is InChI=1S/C25H29N5O2S/c1-3-19-7-6-8-20(15-19)28-24(31)17-33-25-16-23(26-18-27-25)30-13-11-29(12-14-30)21-9-4-5-10-22(21)32-2/h4-10,15-16,18H,3,11-14,17H2,1-2H3,(H,28,31). The number of ether oxygens (including phenoxy) is 1. The highest BCUT2D eigenvalue weighted by atomic mass is 32.2. The molecule has 1 fully saturated rings. The third kappa shape index (κ3) is 5.96. The molecule has 8 heteroatoms. The van der Waals surface area contributed by atoms with E-state index in [0.29, 0.717) is 5.75 Å². The highest BCUT2D eigenvalue weighted by Gasteiger charge is 2.21. The fourth-order valence-corrected chi connectivity index (χ4v) is 4.52. The maximum atomic E-state index is 12.4. The normalized spacial score (nSPS) is 13.6. The Morgan fingerprint density at radius 3 is 2.61 bits per heavy atom. The van der Waals surface area contributed by atoms with Crippen molar-refractivity contribution in [1.82, 2.24) is 9.97 Å². The predicted octanol–water partition coefficient (Wildman–Crippen LogP) is 4.11. The Hall–Kier alpha value is -3.26. The zero-order valence-corrected chi connectivity index (χ0v) is 19.8. The van der Waals surface area contributed by atoms with Gasteiger partial charge in [0.1, 0.15) is 22.9 Å². The van der Waals surface area contributed by atoms with E-state index in [4.69, 9.17) is 4.74 Å². The molecule has 0 spiro atoms. The van der Waals surface area contributed by atoms with Crippen molar-refractivity contribution in [1.29, 1.82) is 0 Å². The molecule has 1 aliphatic rings. The van der Waals surface area contributed by atoms with Gasteiger partial charge in [-0.15, -0.1) is 0 Å². The monoisotopic (exact) mass is 463 g/mol. The summed E-state index contributed by atoms with van der Waals surface area (Å²) >= 11 is 1.42. The summed E-state index contributed by atoms with van der Waals surface area (Å²) in [6, 6.07) is 18.0. The van der Waals surface area contributed by atoms with Crippen molar-refractivity contribution in [3.8, 4) is 5.75 Å². The fraction of sp³-hybridized carbons (Fsp3) is 0.320. The van der Waals surface area contributed by atoms with E-state index in [9.17, 15) is 4.79 Å². The summed E-state index contributed by atoms with van der Waals surface area (Å²) < 4.78 is 5.51. The average Bonchev–Trinajstić information content (AvgIpc) is 2.88. The molecule has 0 saturated carbocycles. The number of amides is 1. The summed E-state index contributed by atoms with van der Waals surface area (Å²) in [4.78, 5) is 25.8. The van der Waals surface area contributed by atoms with Gasteiger partial charge < -0.3 is 19.9 Å². The Morgan fingerprint density at radius 2 is 1.82 bits per heavy atom. The number of carbonyl (C=O) groups is 1. The van der Waals surface area contributed by atoms with Crippen LogP contribution in [0.5, 0.6) is 5.75 Å². The molecule has 4 rings (SSSR count). The molecule has 2 aromatic carbocycles. The number of nitrogens with one attached hydrogen (secondary N) is 1. The number of rotatable bonds is 8. The summed E-state index contributed by atoms with van der Waals surface area (Å²) in [6.07, 6.45) is 2.52. The predicted molar refractivity (Wildman–Crippen MR) is 135 cm³/mol. The quantitative estimate of drug-likeness (QED) is 0.398. The number of para-hydroxylation sites is 2. The van der Waals surface area contributed by atoms with Gasteiger partial charge in [0.25, 0.3) is 0 Å². The smallest absolute Gasteiger partial charge is 0.234 e. The van der Waals surface area contributed by atoms with Crippen LogP contribution >= 0.6 is 11.8 Å². The molecule has 0 atom stereocenters. The molecule has 1 N–H and O–H groups in total. The molecule has 1 aromatic heterocycles. The first-order valence-corrected chi connectivity index (χ1v) is 12.1. The number of aromatic nitrogens is 2. The van der Waals surface area contributed by atoms with Crippen LogP contribution in [0.4, 0.5) is 17.2 Å². The average molecular weight is 464 g/mol. The van der Waals surface area contributed by atoms with Gasteiger partial charge in [-0.05, 0) is 36.2 Å². The molecule has 0 radical (unpaired) electrons. The first-order valence-electron chi connectivity index (χ1n) is 11.1. The molecular weight excluding hydrogens is 434 g/mol. The number of hydrogen-bond acceptors (Lipinski definition) is 7. The van der Waals surface area contributed by atoms with E-state index in [2.05, 4.69) is 44.1 Å². The molecule has 3 aromatic rings. The van der Waals surface area contributed by atoms with Crippen LogP contribution in [0.25, 0.3) is 0 Å². The van der Waals surface area contributed by atoms with E-state index in [1.54, 1.807) is 13.4 Å². The van der Waals surface area contributed by atoms with E-state index < -0.39 is 0 Å². The first kappa shape index (κ1) is 22.9. The number of hydrogen-bond donors (Lipinski definition) is 1. The van der Waals surface area contributed by atoms with Gasteiger partial charge in [-0.2, -0.15) is 0 Å². The number of piperazine rings is 1. The largest absolute Gasteiger partial charge is 0.495 e. The van der Waals surface area contributed by atoms with Crippen LogP contribution in [0.15, 0.2) is 66.0 Å². The van der Waals surface area contributed by atoms with Gasteiger partial charge in [0.15, 0.2) is 0 Å². The highest BCUT2D eigenvalue weighted by Crippen LogP contribution is 2.29. The number of carbonyl (C=O) groups excluding carboxylic acids is 1. The number of thioether (sulfide) groups is 1. The lowest BCUT2D eigenvalue weighted by Crippen LogP contribution is -2.47. The molecule has 172 valence electrons. The minimum Gasteiger partial charge on any atom is -0.495 e. The number of aryl methyl sites for hydroxylation is 1. The number of methoxy groups -OCH3 is 1. The molecule has 1 aliphatic heterocycles.